The molecule has 0 spiro atoms. The third kappa shape index (κ3) is 3.61. The number of benzene rings is 1. The topological polar surface area (TPSA) is 101 Å². The summed E-state index contributed by atoms with van der Waals surface area (Å²) in [5.41, 5.74) is 0.00445. The van der Waals surface area contributed by atoms with Gasteiger partial charge in [-0.25, -0.2) is 0 Å². The van der Waals surface area contributed by atoms with Crippen LogP contribution in [0.2, 0.25) is 0 Å². The normalized spacial score (nSPS) is 26.5. The molecule has 0 radical (unpaired) electrons. The Morgan fingerprint density at radius 3 is 2.75 bits per heavy atom. The van der Waals surface area contributed by atoms with E-state index in [1.165, 1.54) is 4.90 Å². The summed E-state index contributed by atoms with van der Waals surface area (Å²) >= 11 is 0. The molecule has 3 aliphatic rings. The summed E-state index contributed by atoms with van der Waals surface area (Å²) in [5, 5.41) is 21.0. The van der Waals surface area contributed by atoms with Crippen LogP contribution in [-0.2, 0) is 20.0 Å². The molecule has 1 aromatic rings. The number of rotatable bonds is 6. The van der Waals surface area contributed by atoms with Crippen molar-refractivity contribution in [2.75, 3.05) is 36.5 Å². The van der Waals surface area contributed by atoms with E-state index >= 15 is 0 Å². The first-order valence-electron chi connectivity index (χ1n) is 11.3. The van der Waals surface area contributed by atoms with E-state index in [1.807, 2.05) is 6.07 Å². The minimum atomic E-state index is -1.77. The number of likely N-dealkylation sites (tertiary alicyclic amines) is 1. The van der Waals surface area contributed by atoms with Crippen LogP contribution < -0.4 is 9.80 Å². The Balaban J connectivity index is 1.55. The van der Waals surface area contributed by atoms with E-state index in [0.29, 0.717) is 36.4 Å². The average molecular weight is 442 g/mol. The fraction of sp³-hybridized carbons (Fsp3) is 0.542. The van der Waals surface area contributed by atoms with Gasteiger partial charge in [-0.1, -0.05) is 19.1 Å². The summed E-state index contributed by atoms with van der Waals surface area (Å²) in [5.74, 6) is -1.04. The van der Waals surface area contributed by atoms with E-state index in [9.17, 15) is 24.6 Å². The van der Waals surface area contributed by atoms with Crippen LogP contribution in [0.1, 0.15) is 44.6 Å². The molecular weight excluding hydrogens is 410 g/mol. The van der Waals surface area contributed by atoms with Crippen LogP contribution in [0.15, 0.2) is 30.4 Å². The number of hydrogen-bond acceptors (Lipinski definition) is 5. The van der Waals surface area contributed by atoms with Gasteiger partial charge in [0.1, 0.15) is 0 Å². The number of amides is 3. The summed E-state index contributed by atoms with van der Waals surface area (Å²) in [6, 6.07) is 5.20. The van der Waals surface area contributed by atoms with E-state index < -0.39 is 17.4 Å². The van der Waals surface area contributed by atoms with Gasteiger partial charge in [-0.3, -0.25) is 14.4 Å². The van der Waals surface area contributed by atoms with E-state index in [0.717, 1.165) is 19.3 Å². The van der Waals surface area contributed by atoms with Gasteiger partial charge in [0.2, 0.25) is 11.8 Å². The molecule has 3 atom stereocenters. The number of hydrogen-bond donors (Lipinski definition) is 2. The van der Waals surface area contributed by atoms with Crippen molar-refractivity contribution in [2.45, 2.75) is 50.7 Å². The quantitative estimate of drug-likeness (QED) is 0.652. The maximum atomic E-state index is 13.1. The molecule has 3 aliphatic heterocycles. The highest BCUT2D eigenvalue weighted by atomic mass is 16.3. The number of carbonyl (C=O) groups is 3. The third-order valence-corrected chi connectivity index (χ3v) is 7.05. The molecule has 0 aromatic heterocycles. The predicted octanol–water partition coefficient (Wildman–Crippen LogP) is 1.54. The lowest BCUT2D eigenvalue weighted by Gasteiger charge is -2.28. The fourth-order valence-corrected chi connectivity index (χ4v) is 5.11. The predicted molar refractivity (Wildman–Crippen MR) is 120 cm³/mol. The van der Waals surface area contributed by atoms with Gasteiger partial charge in [-0.05, 0) is 37.5 Å². The Morgan fingerprint density at radius 2 is 2.06 bits per heavy atom. The van der Waals surface area contributed by atoms with Gasteiger partial charge in [-0.2, -0.15) is 0 Å². The van der Waals surface area contributed by atoms with Gasteiger partial charge < -0.3 is 24.9 Å². The minimum absolute atomic E-state index is 0.0366. The highest BCUT2D eigenvalue weighted by molar-refractivity contribution is 6.07. The molecule has 172 valence electrons. The fourth-order valence-electron chi connectivity index (χ4n) is 5.11. The van der Waals surface area contributed by atoms with Crippen LogP contribution in [0.25, 0.3) is 0 Å². The molecular formula is C24H31N3O5. The Morgan fingerprint density at radius 1 is 1.28 bits per heavy atom. The zero-order valence-electron chi connectivity index (χ0n) is 18.7. The SMILES string of the molecule is C[C@@H](/C=C/CC(=O)N1CCC[C@H]1CO)[C@]1(O)C(=O)N(C)c2ccc(N3CCCC3=O)cc21. The van der Waals surface area contributed by atoms with E-state index in [2.05, 4.69) is 0 Å². The summed E-state index contributed by atoms with van der Waals surface area (Å²) in [6.45, 7) is 2.99. The Hall–Kier alpha value is -2.71. The van der Waals surface area contributed by atoms with Crippen molar-refractivity contribution in [3.63, 3.8) is 0 Å². The van der Waals surface area contributed by atoms with E-state index in [1.54, 1.807) is 48.1 Å². The zero-order valence-corrected chi connectivity index (χ0v) is 18.7. The first-order valence-corrected chi connectivity index (χ1v) is 11.3. The molecule has 3 amide bonds. The molecule has 2 saturated heterocycles. The maximum Gasteiger partial charge on any atom is 0.264 e. The molecule has 32 heavy (non-hydrogen) atoms. The molecule has 4 rings (SSSR count). The lowest BCUT2D eigenvalue weighted by molar-refractivity contribution is -0.139. The number of carbonyl (C=O) groups excluding carboxylic acids is 3. The number of fused-ring (bicyclic) bond motifs is 1. The molecule has 0 bridgehead atoms. The van der Waals surface area contributed by atoms with Crippen LogP contribution >= 0.6 is 0 Å². The van der Waals surface area contributed by atoms with Crippen LogP contribution in [0, 0.1) is 5.92 Å². The van der Waals surface area contributed by atoms with Gasteiger partial charge >= 0.3 is 0 Å². The van der Waals surface area contributed by atoms with Crippen LogP contribution in [0.5, 0.6) is 0 Å². The third-order valence-electron chi connectivity index (χ3n) is 7.05. The van der Waals surface area contributed by atoms with Crippen molar-refractivity contribution < 1.29 is 24.6 Å². The lowest BCUT2D eigenvalue weighted by atomic mass is 9.82. The van der Waals surface area contributed by atoms with Crippen LogP contribution in [-0.4, -0.2) is 65.6 Å². The number of likely N-dealkylation sites (N-methyl/N-ethyl adjacent to an activating group) is 1. The standard InChI is InChI=1S/C24H31N3O5/c1-16(6-3-8-21(29)27-12-4-7-18(27)15-28)24(32)19-14-17(26-13-5-9-22(26)30)10-11-20(19)25(2)23(24)31/h3,6,10-11,14,16,18,28,32H,4-5,7-9,12-13,15H2,1-2H3/b6-3+/t16-,18-,24+/m0/s1. The van der Waals surface area contributed by atoms with Crippen molar-refractivity contribution in [1.29, 1.82) is 0 Å². The molecule has 0 aliphatic carbocycles. The number of aliphatic hydroxyl groups excluding tert-OH is 1. The molecule has 0 saturated carbocycles. The van der Waals surface area contributed by atoms with Gasteiger partial charge in [0, 0.05) is 50.1 Å². The lowest BCUT2D eigenvalue weighted by Crippen LogP contribution is -2.43. The van der Waals surface area contributed by atoms with E-state index in [4.69, 9.17) is 0 Å². The Kier molecular flexibility index (Phi) is 6.09. The number of anilines is 2. The van der Waals surface area contributed by atoms with Gasteiger partial charge in [0.15, 0.2) is 5.60 Å². The van der Waals surface area contributed by atoms with Gasteiger partial charge in [-0.15, -0.1) is 0 Å². The Bertz CT molecular complexity index is 961. The smallest absolute Gasteiger partial charge is 0.264 e. The van der Waals surface area contributed by atoms with Crippen molar-refractivity contribution in [3.05, 3.63) is 35.9 Å². The van der Waals surface area contributed by atoms with Crippen molar-refractivity contribution in [2.24, 2.45) is 5.92 Å². The van der Waals surface area contributed by atoms with Crippen molar-refractivity contribution in [1.82, 2.24) is 4.90 Å². The second-order valence-electron chi connectivity index (χ2n) is 8.97. The second-order valence-corrected chi connectivity index (χ2v) is 8.97. The molecule has 8 heteroatoms. The van der Waals surface area contributed by atoms with Gasteiger partial charge in [0.05, 0.1) is 18.3 Å². The first kappa shape index (κ1) is 22.5. The molecule has 2 fully saturated rings. The largest absolute Gasteiger partial charge is 0.394 e. The van der Waals surface area contributed by atoms with Crippen LogP contribution in [0.4, 0.5) is 11.4 Å². The number of aliphatic hydroxyl groups is 2. The van der Waals surface area contributed by atoms with Crippen molar-refractivity contribution in [3.8, 4) is 0 Å². The molecule has 3 heterocycles. The summed E-state index contributed by atoms with van der Waals surface area (Å²) in [7, 11) is 1.63. The summed E-state index contributed by atoms with van der Waals surface area (Å²) in [6.07, 6.45) is 6.53. The highest BCUT2D eigenvalue weighted by Gasteiger charge is 2.51. The zero-order chi connectivity index (χ0) is 23.0. The summed E-state index contributed by atoms with van der Waals surface area (Å²) < 4.78 is 0. The average Bonchev–Trinajstić information content (AvgIpc) is 3.49. The molecule has 2 N–H and O–H groups in total. The number of nitrogens with zero attached hydrogens (tertiary/aromatic N) is 3. The van der Waals surface area contributed by atoms with Crippen molar-refractivity contribution >= 4 is 29.1 Å². The maximum absolute atomic E-state index is 13.1. The van der Waals surface area contributed by atoms with Crippen LogP contribution in [0.3, 0.4) is 0 Å². The second kappa shape index (κ2) is 8.67. The molecule has 8 nitrogen and oxygen atoms in total. The first-order chi connectivity index (χ1) is 15.3. The monoisotopic (exact) mass is 441 g/mol. The van der Waals surface area contributed by atoms with Gasteiger partial charge in [0.25, 0.3) is 5.91 Å². The molecule has 1 aromatic carbocycles. The minimum Gasteiger partial charge on any atom is -0.394 e. The molecule has 0 unspecified atom stereocenters. The van der Waals surface area contributed by atoms with E-state index in [-0.39, 0.29) is 30.9 Å². The Labute approximate surface area is 188 Å². The summed E-state index contributed by atoms with van der Waals surface area (Å²) in [4.78, 5) is 42.6. The highest BCUT2D eigenvalue weighted by Crippen LogP contribution is 2.46.